The van der Waals surface area contributed by atoms with Crippen LogP contribution >= 0.6 is 15.9 Å². The maximum absolute atomic E-state index is 10.8. The van der Waals surface area contributed by atoms with Gasteiger partial charge in [0.15, 0.2) is 5.69 Å². The molecule has 0 atom stereocenters. The van der Waals surface area contributed by atoms with Gasteiger partial charge >= 0.3 is 5.97 Å². The fraction of sp³-hybridized carbons (Fsp3) is 0.167. The second-order valence-corrected chi connectivity index (χ2v) is 4.64. The number of halogens is 1. The van der Waals surface area contributed by atoms with Crippen molar-refractivity contribution in [3.63, 3.8) is 0 Å². The van der Waals surface area contributed by atoms with E-state index in [4.69, 9.17) is 5.11 Å². The molecule has 0 radical (unpaired) electrons. The van der Waals surface area contributed by atoms with Gasteiger partial charge in [0.05, 0.1) is 5.69 Å². The summed E-state index contributed by atoms with van der Waals surface area (Å²) in [4.78, 5) is 10.8. The van der Waals surface area contributed by atoms with Crippen molar-refractivity contribution in [2.45, 2.75) is 13.8 Å². The number of hydrogen-bond acceptors (Lipinski definition) is 2. The third-order valence-corrected chi connectivity index (χ3v) is 3.74. The Labute approximate surface area is 107 Å². The van der Waals surface area contributed by atoms with Gasteiger partial charge < -0.3 is 5.11 Å². The van der Waals surface area contributed by atoms with E-state index in [1.807, 2.05) is 26.0 Å². The molecule has 2 aromatic rings. The average Bonchev–Trinajstić information content (AvgIpc) is 2.74. The van der Waals surface area contributed by atoms with Crippen molar-refractivity contribution < 1.29 is 9.90 Å². The zero-order chi connectivity index (χ0) is 12.6. The molecule has 0 spiro atoms. The summed E-state index contributed by atoms with van der Waals surface area (Å²) in [5.41, 5.74) is 3.08. The summed E-state index contributed by atoms with van der Waals surface area (Å²) >= 11 is 3.49. The van der Waals surface area contributed by atoms with Gasteiger partial charge in [0.25, 0.3) is 0 Å². The number of aryl methyl sites for hydroxylation is 2. The zero-order valence-corrected chi connectivity index (χ0v) is 11.0. The molecule has 2 rings (SSSR count). The molecule has 1 aromatic carbocycles. The highest BCUT2D eigenvalue weighted by molar-refractivity contribution is 9.10. The summed E-state index contributed by atoms with van der Waals surface area (Å²) in [6.07, 6.45) is 1.64. The van der Waals surface area contributed by atoms with E-state index >= 15 is 0 Å². The monoisotopic (exact) mass is 294 g/mol. The van der Waals surface area contributed by atoms with Gasteiger partial charge in [-0.3, -0.25) is 0 Å². The van der Waals surface area contributed by atoms with Gasteiger partial charge in [-0.2, -0.15) is 5.10 Å². The number of carboxylic acid groups (broad SMARTS) is 1. The highest BCUT2D eigenvalue weighted by Gasteiger charge is 2.09. The van der Waals surface area contributed by atoms with Crippen LogP contribution in [0.25, 0.3) is 5.69 Å². The van der Waals surface area contributed by atoms with Crippen LogP contribution in [0.15, 0.2) is 28.9 Å². The molecule has 88 valence electrons. The largest absolute Gasteiger partial charge is 0.476 e. The molecule has 0 amide bonds. The van der Waals surface area contributed by atoms with Crippen LogP contribution in [0.4, 0.5) is 0 Å². The van der Waals surface area contributed by atoms with Gasteiger partial charge in [-0.15, -0.1) is 0 Å². The third-order valence-electron chi connectivity index (χ3n) is 2.49. The predicted molar refractivity (Wildman–Crippen MR) is 67.7 cm³/mol. The summed E-state index contributed by atoms with van der Waals surface area (Å²) < 4.78 is 2.63. The van der Waals surface area contributed by atoms with Gasteiger partial charge in [0, 0.05) is 10.7 Å². The fourth-order valence-electron chi connectivity index (χ4n) is 1.64. The standard InChI is InChI=1S/C12H11BrN2O2/c1-7-5-9(6-8(2)11(7)13)15-4-3-10(14-15)12(16)17/h3-6H,1-2H3,(H,16,17). The lowest BCUT2D eigenvalue weighted by Gasteiger charge is -2.07. The lowest BCUT2D eigenvalue weighted by molar-refractivity contribution is 0.0690. The van der Waals surface area contributed by atoms with Crippen LogP contribution < -0.4 is 0 Å². The molecule has 5 heteroatoms. The summed E-state index contributed by atoms with van der Waals surface area (Å²) in [7, 11) is 0. The van der Waals surface area contributed by atoms with E-state index in [1.165, 1.54) is 6.07 Å². The molecule has 0 aliphatic carbocycles. The van der Waals surface area contributed by atoms with Gasteiger partial charge in [0.2, 0.25) is 0 Å². The predicted octanol–water partition coefficient (Wildman–Crippen LogP) is 2.95. The molecular formula is C12H11BrN2O2. The summed E-state index contributed by atoms with van der Waals surface area (Å²) in [6, 6.07) is 5.39. The smallest absolute Gasteiger partial charge is 0.356 e. The third kappa shape index (κ3) is 2.24. The van der Waals surface area contributed by atoms with Crippen LogP contribution in [0.2, 0.25) is 0 Å². The topological polar surface area (TPSA) is 55.1 Å². The lowest BCUT2D eigenvalue weighted by Crippen LogP contribution is -2.01. The molecule has 0 saturated carbocycles. The number of aromatic nitrogens is 2. The van der Waals surface area contributed by atoms with E-state index in [2.05, 4.69) is 21.0 Å². The Morgan fingerprint density at radius 1 is 1.35 bits per heavy atom. The van der Waals surface area contributed by atoms with Crippen molar-refractivity contribution in [3.8, 4) is 5.69 Å². The van der Waals surface area contributed by atoms with E-state index in [1.54, 1.807) is 10.9 Å². The molecule has 1 N–H and O–H groups in total. The zero-order valence-electron chi connectivity index (χ0n) is 9.44. The normalized spacial score (nSPS) is 10.5. The van der Waals surface area contributed by atoms with E-state index in [0.717, 1.165) is 21.3 Å². The van der Waals surface area contributed by atoms with Gasteiger partial charge in [-0.1, -0.05) is 15.9 Å². The second-order valence-electron chi connectivity index (χ2n) is 3.84. The Kier molecular flexibility index (Phi) is 3.02. The lowest BCUT2D eigenvalue weighted by atomic mass is 10.1. The number of rotatable bonds is 2. The molecule has 1 heterocycles. The molecule has 0 unspecified atom stereocenters. The van der Waals surface area contributed by atoms with E-state index in [-0.39, 0.29) is 5.69 Å². The van der Waals surface area contributed by atoms with E-state index in [9.17, 15) is 4.79 Å². The minimum atomic E-state index is -1.02. The number of carboxylic acids is 1. The highest BCUT2D eigenvalue weighted by atomic mass is 79.9. The fourth-order valence-corrected chi connectivity index (χ4v) is 1.87. The van der Waals surface area contributed by atoms with Crippen molar-refractivity contribution in [2.24, 2.45) is 0 Å². The summed E-state index contributed by atoms with van der Waals surface area (Å²) in [5.74, 6) is -1.02. The first kappa shape index (κ1) is 11.9. The van der Waals surface area contributed by atoms with Crippen molar-refractivity contribution in [2.75, 3.05) is 0 Å². The van der Waals surface area contributed by atoms with Crippen molar-refractivity contribution in [1.82, 2.24) is 9.78 Å². The SMILES string of the molecule is Cc1cc(-n2ccc(C(=O)O)n2)cc(C)c1Br. The van der Waals surface area contributed by atoms with Gasteiger partial charge in [-0.05, 0) is 43.2 Å². The van der Waals surface area contributed by atoms with E-state index < -0.39 is 5.97 Å². The first-order valence-corrected chi connectivity index (χ1v) is 5.84. The number of carbonyl (C=O) groups is 1. The van der Waals surface area contributed by atoms with Crippen molar-refractivity contribution >= 4 is 21.9 Å². The Morgan fingerprint density at radius 2 is 1.94 bits per heavy atom. The average molecular weight is 295 g/mol. The van der Waals surface area contributed by atoms with Crippen LogP contribution in [0.5, 0.6) is 0 Å². The minimum Gasteiger partial charge on any atom is -0.476 e. The van der Waals surface area contributed by atoms with Crippen LogP contribution in [-0.2, 0) is 0 Å². The molecule has 4 nitrogen and oxygen atoms in total. The second kappa shape index (κ2) is 4.33. The molecule has 0 bridgehead atoms. The Hall–Kier alpha value is -1.62. The van der Waals surface area contributed by atoms with Crippen LogP contribution in [0.3, 0.4) is 0 Å². The van der Waals surface area contributed by atoms with Gasteiger partial charge in [-0.25, -0.2) is 9.48 Å². The molecule has 17 heavy (non-hydrogen) atoms. The summed E-state index contributed by atoms with van der Waals surface area (Å²) in [6.45, 7) is 3.98. The molecule has 0 aliphatic rings. The van der Waals surface area contributed by atoms with Crippen molar-refractivity contribution in [3.05, 3.63) is 45.7 Å². The van der Waals surface area contributed by atoms with Crippen LogP contribution in [-0.4, -0.2) is 20.9 Å². The summed E-state index contributed by atoms with van der Waals surface area (Å²) in [5, 5.41) is 12.8. The van der Waals surface area contributed by atoms with Crippen LogP contribution in [0.1, 0.15) is 21.6 Å². The molecule has 0 aliphatic heterocycles. The Bertz CT molecular complexity index is 567. The molecule has 0 saturated heterocycles. The molecule has 1 aromatic heterocycles. The Balaban J connectivity index is 2.49. The van der Waals surface area contributed by atoms with E-state index in [0.29, 0.717) is 0 Å². The first-order chi connectivity index (χ1) is 7.99. The highest BCUT2D eigenvalue weighted by Crippen LogP contribution is 2.24. The molecule has 0 fully saturated rings. The van der Waals surface area contributed by atoms with Gasteiger partial charge in [0.1, 0.15) is 0 Å². The number of hydrogen-bond donors (Lipinski definition) is 1. The van der Waals surface area contributed by atoms with Crippen molar-refractivity contribution in [1.29, 1.82) is 0 Å². The number of aromatic carboxylic acids is 1. The number of nitrogens with zero attached hydrogens (tertiary/aromatic N) is 2. The molecular weight excluding hydrogens is 284 g/mol. The minimum absolute atomic E-state index is 0.0447. The quantitative estimate of drug-likeness (QED) is 0.926. The number of benzene rings is 1. The first-order valence-electron chi connectivity index (χ1n) is 5.05. The maximum atomic E-state index is 10.8. The maximum Gasteiger partial charge on any atom is 0.356 e. The van der Waals surface area contributed by atoms with Crippen LogP contribution in [0, 0.1) is 13.8 Å². The Morgan fingerprint density at radius 3 is 2.41 bits per heavy atom.